The predicted molar refractivity (Wildman–Crippen MR) is 91.5 cm³/mol. The third kappa shape index (κ3) is 6.00. The molecule has 0 bridgehead atoms. The second-order valence-corrected chi connectivity index (χ2v) is 5.13. The number of carbonyl (C=O) groups is 1. The molecule has 0 aliphatic heterocycles. The van der Waals surface area contributed by atoms with Gasteiger partial charge in [-0.1, -0.05) is 25.0 Å². The van der Waals surface area contributed by atoms with Gasteiger partial charge in [-0.15, -0.1) is 12.4 Å². The number of anilines is 1. The molecule has 0 saturated carbocycles. The number of nitrogens with two attached hydrogens (primary N) is 1. The fraction of sp³-hybridized carbons (Fsp3) is 0.375. The number of aromatic nitrogens is 2. The van der Waals surface area contributed by atoms with E-state index < -0.39 is 0 Å². The van der Waals surface area contributed by atoms with Crippen LogP contribution < -0.4 is 11.1 Å². The SMILES string of the molecule is Cl.NCCCCCCC(=O)Nc1cnn(-c2ccccc2F)c1. The molecule has 0 aliphatic carbocycles. The van der Waals surface area contributed by atoms with E-state index in [1.165, 1.54) is 16.9 Å². The Morgan fingerprint density at radius 3 is 2.70 bits per heavy atom. The van der Waals surface area contributed by atoms with Crippen LogP contribution in [0.4, 0.5) is 10.1 Å². The van der Waals surface area contributed by atoms with Crippen molar-refractivity contribution in [2.75, 3.05) is 11.9 Å². The molecule has 2 rings (SSSR count). The van der Waals surface area contributed by atoms with E-state index >= 15 is 0 Å². The average molecular weight is 341 g/mol. The first-order chi connectivity index (χ1) is 10.7. The highest BCUT2D eigenvalue weighted by Crippen LogP contribution is 2.15. The standard InChI is InChI=1S/C16H21FN4O.ClH/c17-14-7-4-5-8-15(14)21-12-13(11-19-21)20-16(22)9-3-1-2-6-10-18;/h4-5,7-8,11-12H,1-3,6,9-10,18H2,(H,20,22);1H. The number of rotatable bonds is 8. The zero-order chi connectivity index (χ0) is 15.8. The molecule has 7 heteroatoms. The molecule has 2 aromatic rings. The number of hydrogen-bond donors (Lipinski definition) is 2. The molecule has 1 amide bonds. The van der Waals surface area contributed by atoms with Crippen LogP contribution in [0, 0.1) is 5.82 Å². The summed E-state index contributed by atoms with van der Waals surface area (Å²) >= 11 is 0. The lowest BCUT2D eigenvalue weighted by Crippen LogP contribution is -2.10. The Balaban J connectivity index is 0.00000264. The summed E-state index contributed by atoms with van der Waals surface area (Å²) in [6.07, 6.45) is 7.47. The molecule has 0 fully saturated rings. The third-order valence-electron chi connectivity index (χ3n) is 3.32. The number of para-hydroxylation sites is 1. The van der Waals surface area contributed by atoms with E-state index in [-0.39, 0.29) is 24.1 Å². The van der Waals surface area contributed by atoms with Gasteiger partial charge in [-0.3, -0.25) is 4.79 Å². The monoisotopic (exact) mass is 340 g/mol. The molecule has 23 heavy (non-hydrogen) atoms. The van der Waals surface area contributed by atoms with Gasteiger partial charge in [0.15, 0.2) is 0 Å². The second kappa shape index (κ2) is 9.97. The first kappa shape index (κ1) is 19.1. The topological polar surface area (TPSA) is 72.9 Å². The lowest BCUT2D eigenvalue weighted by Gasteiger charge is -2.03. The maximum atomic E-state index is 13.7. The van der Waals surface area contributed by atoms with Gasteiger partial charge in [0.2, 0.25) is 5.91 Å². The Bertz CT molecular complexity index is 618. The van der Waals surface area contributed by atoms with Gasteiger partial charge < -0.3 is 11.1 Å². The minimum atomic E-state index is -0.358. The van der Waals surface area contributed by atoms with Crippen molar-refractivity contribution in [3.63, 3.8) is 0 Å². The fourth-order valence-electron chi connectivity index (χ4n) is 2.16. The number of unbranched alkanes of at least 4 members (excludes halogenated alkanes) is 3. The van der Waals surface area contributed by atoms with Crippen LogP contribution in [0.15, 0.2) is 36.7 Å². The largest absolute Gasteiger partial charge is 0.330 e. The van der Waals surface area contributed by atoms with Crippen molar-refractivity contribution >= 4 is 24.0 Å². The summed E-state index contributed by atoms with van der Waals surface area (Å²) in [6.45, 7) is 0.696. The van der Waals surface area contributed by atoms with Crippen molar-refractivity contribution in [2.45, 2.75) is 32.1 Å². The lowest BCUT2D eigenvalue weighted by molar-refractivity contribution is -0.116. The second-order valence-electron chi connectivity index (χ2n) is 5.13. The number of benzene rings is 1. The van der Waals surface area contributed by atoms with Crippen LogP contribution in [0.5, 0.6) is 0 Å². The van der Waals surface area contributed by atoms with E-state index in [2.05, 4.69) is 10.4 Å². The van der Waals surface area contributed by atoms with Crippen molar-refractivity contribution in [3.8, 4) is 5.69 Å². The summed E-state index contributed by atoms with van der Waals surface area (Å²) in [7, 11) is 0. The van der Waals surface area contributed by atoms with Crippen molar-refractivity contribution < 1.29 is 9.18 Å². The van der Waals surface area contributed by atoms with Crippen LogP contribution in [0.25, 0.3) is 5.69 Å². The molecule has 1 aromatic heterocycles. The quantitative estimate of drug-likeness (QED) is 0.724. The first-order valence-electron chi connectivity index (χ1n) is 7.50. The van der Waals surface area contributed by atoms with E-state index in [1.54, 1.807) is 24.4 Å². The van der Waals surface area contributed by atoms with Crippen LogP contribution in [-0.2, 0) is 4.79 Å². The predicted octanol–water partition coefficient (Wildman–Crippen LogP) is 3.28. The number of nitrogens with zero attached hydrogens (tertiary/aromatic N) is 2. The summed E-state index contributed by atoms with van der Waals surface area (Å²) in [6, 6.07) is 6.36. The summed E-state index contributed by atoms with van der Waals surface area (Å²) in [5.41, 5.74) is 6.34. The zero-order valence-electron chi connectivity index (χ0n) is 12.9. The fourth-order valence-corrected chi connectivity index (χ4v) is 2.16. The molecule has 0 radical (unpaired) electrons. The zero-order valence-corrected chi connectivity index (χ0v) is 13.7. The van der Waals surface area contributed by atoms with Gasteiger partial charge in [-0.2, -0.15) is 5.10 Å². The Morgan fingerprint density at radius 1 is 1.22 bits per heavy atom. The molecule has 1 aromatic carbocycles. The Kier molecular flexibility index (Phi) is 8.29. The van der Waals surface area contributed by atoms with E-state index in [0.29, 0.717) is 24.3 Å². The molecule has 0 atom stereocenters. The Labute approximate surface area is 141 Å². The van der Waals surface area contributed by atoms with Gasteiger partial charge in [0.05, 0.1) is 18.1 Å². The normalized spacial score (nSPS) is 10.2. The molecule has 5 nitrogen and oxygen atoms in total. The maximum Gasteiger partial charge on any atom is 0.224 e. The summed E-state index contributed by atoms with van der Waals surface area (Å²) in [5.74, 6) is -0.413. The number of carbonyl (C=O) groups excluding carboxylic acids is 1. The smallest absolute Gasteiger partial charge is 0.224 e. The summed E-state index contributed by atoms with van der Waals surface area (Å²) in [4.78, 5) is 11.8. The van der Waals surface area contributed by atoms with Gasteiger partial charge in [0.1, 0.15) is 11.5 Å². The van der Waals surface area contributed by atoms with Crippen LogP contribution in [0.2, 0.25) is 0 Å². The van der Waals surface area contributed by atoms with Crippen LogP contribution in [-0.4, -0.2) is 22.2 Å². The van der Waals surface area contributed by atoms with Crippen LogP contribution in [0.3, 0.4) is 0 Å². The molecular weight excluding hydrogens is 319 g/mol. The Morgan fingerprint density at radius 2 is 1.96 bits per heavy atom. The van der Waals surface area contributed by atoms with Crippen LogP contribution >= 0.6 is 12.4 Å². The van der Waals surface area contributed by atoms with Crippen molar-refractivity contribution in [2.24, 2.45) is 5.73 Å². The summed E-state index contributed by atoms with van der Waals surface area (Å²) < 4.78 is 15.1. The minimum Gasteiger partial charge on any atom is -0.330 e. The van der Waals surface area contributed by atoms with Gasteiger partial charge in [-0.25, -0.2) is 9.07 Å². The van der Waals surface area contributed by atoms with E-state index in [1.807, 2.05) is 0 Å². The van der Waals surface area contributed by atoms with Crippen molar-refractivity contribution in [1.29, 1.82) is 0 Å². The average Bonchev–Trinajstić information content (AvgIpc) is 2.95. The third-order valence-corrected chi connectivity index (χ3v) is 3.32. The van der Waals surface area contributed by atoms with Gasteiger partial charge in [0, 0.05) is 6.42 Å². The molecule has 0 saturated heterocycles. The Hall–Kier alpha value is -1.92. The molecule has 0 spiro atoms. The van der Waals surface area contributed by atoms with E-state index in [0.717, 1.165) is 25.7 Å². The first-order valence-corrected chi connectivity index (χ1v) is 7.50. The number of halogens is 2. The molecule has 126 valence electrons. The van der Waals surface area contributed by atoms with E-state index in [9.17, 15) is 9.18 Å². The molecule has 0 aliphatic rings. The molecular formula is C16H22ClFN4O. The lowest BCUT2D eigenvalue weighted by atomic mass is 10.1. The van der Waals surface area contributed by atoms with Gasteiger partial charge in [0.25, 0.3) is 0 Å². The molecule has 1 heterocycles. The summed E-state index contributed by atoms with van der Waals surface area (Å²) in [5, 5.41) is 6.84. The highest BCUT2D eigenvalue weighted by atomic mass is 35.5. The van der Waals surface area contributed by atoms with Crippen molar-refractivity contribution in [1.82, 2.24) is 9.78 Å². The van der Waals surface area contributed by atoms with Gasteiger partial charge in [-0.05, 0) is 31.5 Å². The van der Waals surface area contributed by atoms with E-state index in [4.69, 9.17) is 5.73 Å². The van der Waals surface area contributed by atoms with Crippen LogP contribution in [0.1, 0.15) is 32.1 Å². The highest BCUT2D eigenvalue weighted by molar-refractivity contribution is 5.90. The molecule has 0 unspecified atom stereocenters. The number of hydrogen-bond acceptors (Lipinski definition) is 3. The molecule has 3 N–H and O–H groups in total. The maximum absolute atomic E-state index is 13.7. The number of nitrogens with one attached hydrogen (secondary N) is 1. The van der Waals surface area contributed by atoms with Gasteiger partial charge >= 0.3 is 0 Å². The minimum absolute atomic E-state index is 0. The highest BCUT2D eigenvalue weighted by Gasteiger charge is 2.08. The number of amides is 1. The van der Waals surface area contributed by atoms with Crippen molar-refractivity contribution in [3.05, 3.63) is 42.5 Å².